The number of ether oxygens (including phenoxy) is 1. The van der Waals surface area contributed by atoms with E-state index in [1.807, 2.05) is 109 Å². The fourth-order valence-corrected chi connectivity index (χ4v) is 6.20. The van der Waals surface area contributed by atoms with Gasteiger partial charge >= 0.3 is 0 Å². The van der Waals surface area contributed by atoms with Gasteiger partial charge < -0.3 is 26.0 Å². The zero-order valence-electron chi connectivity index (χ0n) is 27.5. The van der Waals surface area contributed by atoms with Crippen molar-refractivity contribution in [3.05, 3.63) is 144 Å². The van der Waals surface area contributed by atoms with E-state index in [1.54, 1.807) is 4.90 Å². The molecule has 0 aliphatic heterocycles. The number of carbonyl (C=O) groups excluding carboxylic acids is 3. The van der Waals surface area contributed by atoms with E-state index in [9.17, 15) is 14.4 Å². The van der Waals surface area contributed by atoms with Crippen molar-refractivity contribution in [2.45, 2.75) is 51.7 Å². The fourth-order valence-electron chi connectivity index (χ4n) is 6.20. The minimum Gasteiger partial charge on any atom is -0.455 e. The van der Waals surface area contributed by atoms with Gasteiger partial charge in [-0.15, -0.1) is 0 Å². The van der Waals surface area contributed by atoms with Crippen LogP contribution in [0.5, 0.6) is 11.5 Å². The number of anilines is 2. The van der Waals surface area contributed by atoms with E-state index >= 15 is 0 Å². The largest absolute Gasteiger partial charge is 0.455 e. The SMILES string of the molecule is CC(=O)Nc1ccc(-c2ccc(CN(C(=O)CCC(=O)NC3CCc4ccccc43)c3ccccc3Oc3cccc(CN)c3)cc2)cc1. The van der Waals surface area contributed by atoms with Gasteiger partial charge in [-0.25, -0.2) is 0 Å². The second kappa shape index (κ2) is 15.4. The quantitative estimate of drug-likeness (QED) is 0.128. The Morgan fingerprint density at radius 3 is 2.27 bits per heavy atom. The molecule has 8 nitrogen and oxygen atoms in total. The van der Waals surface area contributed by atoms with Crippen molar-refractivity contribution in [3.8, 4) is 22.6 Å². The molecule has 1 unspecified atom stereocenters. The first-order valence-corrected chi connectivity index (χ1v) is 16.6. The van der Waals surface area contributed by atoms with E-state index in [0.29, 0.717) is 23.7 Å². The number of nitrogens with one attached hydrogen (secondary N) is 2. The number of para-hydroxylation sites is 2. The van der Waals surface area contributed by atoms with Crippen LogP contribution in [0.3, 0.4) is 0 Å². The molecule has 0 fully saturated rings. The molecule has 6 rings (SSSR count). The van der Waals surface area contributed by atoms with Gasteiger partial charge in [0.25, 0.3) is 0 Å². The highest BCUT2D eigenvalue weighted by Gasteiger charge is 2.25. The molecule has 1 aliphatic rings. The molecule has 0 saturated carbocycles. The highest BCUT2D eigenvalue weighted by molar-refractivity contribution is 5.97. The lowest BCUT2D eigenvalue weighted by Gasteiger charge is -2.26. The van der Waals surface area contributed by atoms with Crippen LogP contribution in [0.15, 0.2) is 121 Å². The monoisotopic (exact) mass is 652 g/mol. The van der Waals surface area contributed by atoms with E-state index in [0.717, 1.165) is 46.3 Å². The molecular formula is C41H40N4O4. The standard InChI is InChI=1S/C41H40N4O4/c1-28(46)43-34-20-17-32(18-21-34)31-15-13-29(14-16-31)27-45(38-11-4-5-12-39(38)49-35-9-6-7-30(25-35)26-42)41(48)24-23-40(47)44-37-22-19-33-8-2-3-10-36(33)37/h2-18,20-21,25,37H,19,22-24,26-27,42H2,1H3,(H,43,46)(H,44,47). The molecule has 1 aliphatic carbocycles. The van der Waals surface area contributed by atoms with Crippen molar-refractivity contribution in [1.82, 2.24) is 5.32 Å². The van der Waals surface area contributed by atoms with Gasteiger partial charge in [0.05, 0.1) is 18.3 Å². The van der Waals surface area contributed by atoms with Gasteiger partial charge in [0.1, 0.15) is 5.75 Å². The van der Waals surface area contributed by atoms with Crippen molar-refractivity contribution in [3.63, 3.8) is 0 Å². The van der Waals surface area contributed by atoms with Crippen LogP contribution in [-0.2, 0) is 33.9 Å². The van der Waals surface area contributed by atoms with Crippen LogP contribution >= 0.6 is 0 Å². The second-order valence-electron chi connectivity index (χ2n) is 12.2. The van der Waals surface area contributed by atoms with Gasteiger partial charge in [-0.2, -0.15) is 0 Å². The van der Waals surface area contributed by atoms with Crippen LogP contribution in [0.2, 0.25) is 0 Å². The average molecular weight is 653 g/mol. The molecule has 5 aromatic carbocycles. The number of carbonyl (C=O) groups is 3. The Labute approximate surface area is 286 Å². The Hall–Kier alpha value is -5.73. The fraction of sp³-hybridized carbons (Fsp3) is 0.195. The van der Waals surface area contributed by atoms with Crippen LogP contribution < -0.4 is 26.0 Å². The van der Waals surface area contributed by atoms with E-state index in [4.69, 9.17) is 10.5 Å². The summed E-state index contributed by atoms with van der Waals surface area (Å²) in [5.74, 6) is 0.687. The Bertz CT molecular complexity index is 1940. The molecule has 0 saturated heterocycles. The van der Waals surface area contributed by atoms with Gasteiger partial charge in [-0.3, -0.25) is 14.4 Å². The predicted molar refractivity (Wildman–Crippen MR) is 193 cm³/mol. The third-order valence-corrected chi connectivity index (χ3v) is 8.69. The van der Waals surface area contributed by atoms with Crippen molar-refractivity contribution >= 4 is 29.1 Å². The summed E-state index contributed by atoms with van der Waals surface area (Å²) in [6.07, 6.45) is 1.90. The average Bonchev–Trinajstić information content (AvgIpc) is 3.53. The first-order chi connectivity index (χ1) is 23.9. The molecular weight excluding hydrogens is 612 g/mol. The maximum absolute atomic E-state index is 14.0. The Morgan fingerprint density at radius 2 is 1.51 bits per heavy atom. The number of hydrogen-bond donors (Lipinski definition) is 3. The molecule has 0 aromatic heterocycles. The molecule has 5 aromatic rings. The number of nitrogens with two attached hydrogens (primary N) is 1. The van der Waals surface area contributed by atoms with Crippen molar-refractivity contribution in [1.29, 1.82) is 0 Å². The van der Waals surface area contributed by atoms with Crippen molar-refractivity contribution < 1.29 is 19.1 Å². The Morgan fingerprint density at radius 1 is 0.796 bits per heavy atom. The number of aryl methyl sites for hydroxylation is 1. The Balaban J connectivity index is 1.21. The third kappa shape index (κ3) is 8.41. The Kier molecular flexibility index (Phi) is 10.5. The normalized spacial score (nSPS) is 13.3. The second-order valence-corrected chi connectivity index (χ2v) is 12.2. The molecule has 3 amide bonds. The smallest absolute Gasteiger partial charge is 0.227 e. The van der Waals surface area contributed by atoms with Crippen molar-refractivity contribution in [2.75, 3.05) is 10.2 Å². The molecule has 0 bridgehead atoms. The summed E-state index contributed by atoms with van der Waals surface area (Å²) in [5, 5.41) is 5.93. The number of fused-ring (bicyclic) bond motifs is 1. The number of rotatable bonds is 12. The molecule has 49 heavy (non-hydrogen) atoms. The van der Waals surface area contributed by atoms with Crippen LogP contribution in [0.4, 0.5) is 11.4 Å². The highest BCUT2D eigenvalue weighted by atomic mass is 16.5. The molecule has 4 N–H and O–H groups in total. The maximum atomic E-state index is 14.0. The summed E-state index contributed by atoms with van der Waals surface area (Å²) in [6.45, 7) is 2.14. The third-order valence-electron chi connectivity index (χ3n) is 8.69. The minimum atomic E-state index is -0.189. The molecule has 0 radical (unpaired) electrons. The first kappa shape index (κ1) is 33.2. The van der Waals surface area contributed by atoms with E-state index in [-0.39, 0.29) is 43.1 Å². The number of amides is 3. The zero-order chi connectivity index (χ0) is 34.2. The summed E-state index contributed by atoms with van der Waals surface area (Å²) >= 11 is 0. The lowest BCUT2D eigenvalue weighted by atomic mass is 10.0. The predicted octanol–water partition coefficient (Wildman–Crippen LogP) is 7.68. The van der Waals surface area contributed by atoms with Gasteiger partial charge in [-0.1, -0.05) is 84.9 Å². The topological polar surface area (TPSA) is 114 Å². The lowest BCUT2D eigenvalue weighted by Crippen LogP contribution is -2.33. The van der Waals surface area contributed by atoms with Crippen LogP contribution in [-0.4, -0.2) is 17.7 Å². The number of hydrogen-bond acceptors (Lipinski definition) is 5. The van der Waals surface area contributed by atoms with Crippen LogP contribution in [0, 0.1) is 0 Å². The summed E-state index contributed by atoms with van der Waals surface area (Å²) in [5.41, 5.74) is 13.5. The first-order valence-electron chi connectivity index (χ1n) is 16.6. The summed E-state index contributed by atoms with van der Waals surface area (Å²) in [4.78, 5) is 40.2. The van der Waals surface area contributed by atoms with Crippen LogP contribution in [0.1, 0.15) is 54.5 Å². The summed E-state index contributed by atoms with van der Waals surface area (Å²) < 4.78 is 6.32. The lowest BCUT2D eigenvalue weighted by molar-refractivity contribution is -0.125. The molecule has 1 atom stereocenters. The molecule has 248 valence electrons. The van der Waals surface area contributed by atoms with Gasteiger partial charge in [-0.05, 0) is 82.6 Å². The summed E-state index contributed by atoms with van der Waals surface area (Å²) in [7, 11) is 0. The van der Waals surface area contributed by atoms with Crippen LogP contribution in [0.25, 0.3) is 11.1 Å². The van der Waals surface area contributed by atoms with Gasteiger partial charge in [0.15, 0.2) is 5.75 Å². The van der Waals surface area contributed by atoms with E-state index < -0.39 is 0 Å². The maximum Gasteiger partial charge on any atom is 0.227 e. The van der Waals surface area contributed by atoms with E-state index in [2.05, 4.69) is 22.8 Å². The summed E-state index contributed by atoms with van der Waals surface area (Å²) in [6, 6.07) is 38.8. The minimum absolute atomic E-state index is 0.0339. The van der Waals surface area contributed by atoms with Crippen molar-refractivity contribution in [2.24, 2.45) is 5.73 Å². The molecule has 8 heteroatoms. The van der Waals surface area contributed by atoms with Gasteiger partial charge in [0.2, 0.25) is 17.7 Å². The highest BCUT2D eigenvalue weighted by Crippen LogP contribution is 2.35. The number of nitrogens with zero attached hydrogens (tertiary/aromatic N) is 1. The molecule has 0 spiro atoms. The zero-order valence-corrected chi connectivity index (χ0v) is 27.5. The van der Waals surface area contributed by atoms with Gasteiger partial charge in [0, 0.05) is 32.0 Å². The number of benzene rings is 5. The molecule has 0 heterocycles. The van der Waals surface area contributed by atoms with E-state index in [1.165, 1.54) is 12.5 Å².